The molecule has 3 nitrogen and oxygen atoms in total. The van der Waals surface area contributed by atoms with Crippen LogP contribution < -0.4 is 15.2 Å². The molecule has 0 amide bonds. The number of methoxy groups -OCH3 is 1. The summed E-state index contributed by atoms with van der Waals surface area (Å²) >= 11 is 9.54. The van der Waals surface area contributed by atoms with E-state index in [0.717, 1.165) is 21.3 Å². The van der Waals surface area contributed by atoms with Gasteiger partial charge in [0.2, 0.25) is 0 Å². The number of rotatable bonds is 5. The first-order chi connectivity index (χ1) is 10.1. The Morgan fingerprint density at radius 3 is 2.52 bits per heavy atom. The summed E-state index contributed by atoms with van der Waals surface area (Å²) in [4.78, 5) is 0. The third-order valence-electron chi connectivity index (χ3n) is 3.15. The van der Waals surface area contributed by atoms with Crippen molar-refractivity contribution in [1.29, 1.82) is 0 Å². The van der Waals surface area contributed by atoms with E-state index in [9.17, 15) is 0 Å². The fraction of sp³-hybridized carbons (Fsp3) is 0.250. The zero-order valence-corrected chi connectivity index (χ0v) is 14.2. The lowest BCUT2D eigenvalue weighted by Crippen LogP contribution is -2.13. The Morgan fingerprint density at radius 1 is 1.19 bits per heavy atom. The van der Waals surface area contributed by atoms with Gasteiger partial charge in [-0.3, -0.25) is 0 Å². The van der Waals surface area contributed by atoms with E-state index < -0.39 is 0 Å². The monoisotopic (exact) mass is 369 g/mol. The molecule has 0 spiro atoms. The number of hydrogen-bond acceptors (Lipinski definition) is 3. The molecule has 2 rings (SSSR count). The summed E-state index contributed by atoms with van der Waals surface area (Å²) in [5, 5.41) is 0.619. The number of hydrogen-bond donors (Lipinski definition) is 1. The molecule has 0 heterocycles. The van der Waals surface area contributed by atoms with E-state index in [2.05, 4.69) is 15.9 Å². The highest BCUT2D eigenvalue weighted by atomic mass is 79.9. The minimum Gasteiger partial charge on any atom is -0.496 e. The van der Waals surface area contributed by atoms with Gasteiger partial charge in [0.1, 0.15) is 11.5 Å². The van der Waals surface area contributed by atoms with Crippen molar-refractivity contribution >= 4 is 27.5 Å². The van der Waals surface area contributed by atoms with E-state index in [1.807, 2.05) is 37.3 Å². The van der Waals surface area contributed by atoms with E-state index in [-0.39, 0.29) is 6.04 Å². The summed E-state index contributed by atoms with van der Waals surface area (Å²) in [5.41, 5.74) is 8.21. The highest BCUT2D eigenvalue weighted by Gasteiger charge is 2.17. The van der Waals surface area contributed by atoms with Crippen LogP contribution in [0.25, 0.3) is 0 Å². The SMILES string of the molecule is CCOc1ccc(C(N)c2ccc(Cl)cc2OC)c(Br)c1. The van der Waals surface area contributed by atoms with Gasteiger partial charge in [-0.25, -0.2) is 0 Å². The highest BCUT2D eigenvalue weighted by Crippen LogP contribution is 2.35. The standard InChI is InChI=1S/C16H17BrClNO2/c1-3-21-11-5-7-12(14(17)9-11)16(19)13-6-4-10(18)8-15(13)20-2/h4-9,16H,3,19H2,1-2H3. The third-order valence-corrected chi connectivity index (χ3v) is 4.07. The van der Waals surface area contributed by atoms with Gasteiger partial charge in [-0.15, -0.1) is 0 Å². The van der Waals surface area contributed by atoms with E-state index in [0.29, 0.717) is 17.4 Å². The van der Waals surface area contributed by atoms with Crippen molar-refractivity contribution in [2.45, 2.75) is 13.0 Å². The quantitative estimate of drug-likeness (QED) is 0.839. The van der Waals surface area contributed by atoms with Crippen LogP contribution in [0.15, 0.2) is 40.9 Å². The van der Waals surface area contributed by atoms with E-state index >= 15 is 0 Å². The van der Waals surface area contributed by atoms with Gasteiger partial charge in [-0.1, -0.05) is 39.7 Å². The molecule has 1 atom stereocenters. The topological polar surface area (TPSA) is 44.5 Å². The van der Waals surface area contributed by atoms with Crippen LogP contribution in [0.4, 0.5) is 0 Å². The van der Waals surface area contributed by atoms with Crippen LogP contribution in [0, 0.1) is 0 Å². The maximum Gasteiger partial charge on any atom is 0.125 e. The van der Waals surface area contributed by atoms with Gasteiger partial charge in [0.15, 0.2) is 0 Å². The maximum atomic E-state index is 6.37. The van der Waals surface area contributed by atoms with Crippen LogP contribution in [0.3, 0.4) is 0 Å². The minimum atomic E-state index is -0.317. The molecule has 0 aliphatic carbocycles. The fourth-order valence-corrected chi connectivity index (χ4v) is 2.89. The lowest BCUT2D eigenvalue weighted by Gasteiger charge is -2.18. The largest absolute Gasteiger partial charge is 0.496 e. The van der Waals surface area contributed by atoms with Crippen LogP contribution >= 0.6 is 27.5 Å². The minimum absolute atomic E-state index is 0.317. The van der Waals surface area contributed by atoms with E-state index in [1.165, 1.54) is 0 Å². The van der Waals surface area contributed by atoms with Crippen LogP contribution in [0.2, 0.25) is 5.02 Å². The number of benzene rings is 2. The van der Waals surface area contributed by atoms with Gasteiger partial charge in [0.05, 0.1) is 19.8 Å². The van der Waals surface area contributed by atoms with Gasteiger partial charge in [-0.2, -0.15) is 0 Å². The average molecular weight is 371 g/mol. The van der Waals surface area contributed by atoms with Crippen LogP contribution in [-0.4, -0.2) is 13.7 Å². The smallest absolute Gasteiger partial charge is 0.125 e. The molecule has 0 saturated heterocycles. The molecule has 21 heavy (non-hydrogen) atoms. The van der Waals surface area contributed by atoms with Crippen LogP contribution in [0.1, 0.15) is 24.1 Å². The molecule has 0 radical (unpaired) electrons. The molecule has 0 aromatic heterocycles. The summed E-state index contributed by atoms with van der Waals surface area (Å²) in [6.07, 6.45) is 0. The molecule has 2 aromatic rings. The molecule has 0 aliphatic heterocycles. The number of halogens is 2. The molecule has 1 unspecified atom stereocenters. The molecule has 0 aliphatic rings. The van der Waals surface area contributed by atoms with Crippen molar-refractivity contribution in [2.24, 2.45) is 5.73 Å². The molecule has 0 fully saturated rings. The first kappa shape index (κ1) is 16.1. The van der Waals surface area contributed by atoms with Gasteiger partial charge < -0.3 is 15.2 Å². The lowest BCUT2D eigenvalue weighted by molar-refractivity contribution is 0.340. The van der Waals surface area contributed by atoms with Gasteiger partial charge in [0.25, 0.3) is 0 Å². The Morgan fingerprint density at radius 2 is 1.90 bits per heavy atom. The normalized spacial score (nSPS) is 12.0. The summed E-state index contributed by atoms with van der Waals surface area (Å²) in [7, 11) is 1.61. The molecule has 0 saturated carbocycles. The van der Waals surface area contributed by atoms with Crippen molar-refractivity contribution < 1.29 is 9.47 Å². The number of ether oxygens (including phenoxy) is 2. The Hall–Kier alpha value is -1.23. The van der Waals surface area contributed by atoms with E-state index in [1.54, 1.807) is 13.2 Å². The van der Waals surface area contributed by atoms with Crippen molar-refractivity contribution in [3.05, 3.63) is 57.0 Å². The molecule has 2 N–H and O–H groups in total. The summed E-state index contributed by atoms with van der Waals surface area (Å²) in [6.45, 7) is 2.58. The van der Waals surface area contributed by atoms with Crippen molar-refractivity contribution in [3.63, 3.8) is 0 Å². The van der Waals surface area contributed by atoms with Crippen molar-refractivity contribution in [3.8, 4) is 11.5 Å². The second kappa shape index (κ2) is 7.16. The zero-order valence-electron chi connectivity index (χ0n) is 11.9. The Labute approximate surface area is 138 Å². The Bertz CT molecular complexity index is 634. The summed E-state index contributed by atoms with van der Waals surface area (Å²) in [6, 6.07) is 10.9. The molecule has 2 aromatic carbocycles. The maximum absolute atomic E-state index is 6.37. The molecular formula is C16H17BrClNO2. The van der Waals surface area contributed by atoms with Crippen molar-refractivity contribution in [2.75, 3.05) is 13.7 Å². The predicted octanol–water partition coefficient (Wildman–Crippen LogP) is 4.56. The lowest BCUT2D eigenvalue weighted by atomic mass is 9.98. The van der Waals surface area contributed by atoms with Gasteiger partial charge >= 0.3 is 0 Å². The van der Waals surface area contributed by atoms with Crippen LogP contribution in [0.5, 0.6) is 11.5 Å². The second-order valence-corrected chi connectivity index (χ2v) is 5.77. The van der Waals surface area contributed by atoms with E-state index in [4.69, 9.17) is 26.8 Å². The summed E-state index contributed by atoms with van der Waals surface area (Å²) in [5.74, 6) is 1.49. The highest BCUT2D eigenvalue weighted by molar-refractivity contribution is 9.10. The summed E-state index contributed by atoms with van der Waals surface area (Å²) < 4.78 is 11.7. The van der Waals surface area contributed by atoms with Crippen LogP contribution in [-0.2, 0) is 0 Å². The van der Waals surface area contributed by atoms with Gasteiger partial charge in [-0.05, 0) is 36.8 Å². The first-order valence-corrected chi connectivity index (χ1v) is 7.75. The predicted molar refractivity (Wildman–Crippen MR) is 89.3 cm³/mol. The molecule has 5 heteroatoms. The second-order valence-electron chi connectivity index (χ2n) is 4.48. The first-order valence-electron chi connectivity index (χ1n) is 6.58. The van der Waals surface area contributed by atoms with Gasteiger partial charge in [0, 0.05) is 15.1 Å². The Kier molecular flexibility index (Phi) is 5.51. The fourth-order valence-electron chi connectivity index (χ4n) is 2.13. The average Bonchev–Trinajstić information content (AvgIpc) is 2.47. The zero-order chi connectivity index (χ0) is 15.4. The molecule has 0 bridgehead atoms. The molecular weight excluding hydrogens is 354 g/mol. The number of nitrogens with two attached hydrogens (primary N) is 1. The third kappa shape index (κ3) is 3.70. The Balaban J connectivity index is 2.38. The van der Waals surface area contributed by atoms with Crippen molar-refractivity contribution in [1.82, 2.24) is 0 Å². The molecule has 112 valence electrons.